The van der Waals surface area contributed by atoms with Crippen LogP contribution in [0.3, 0.4) is 0 Å². The highest BCUT2D eigenvalue weighted by atomic mass is 32.1. The van der Waals surface area contributed by atoms with Crippen LogP contribution in [0.2, 0.25) is 0 Å². The molecule has 1 heterocycles. The highest BCUT2D eigenvalue weighted by Crippen LogP contribution is 2.22. The van der Waals surface area contributed by atoms with Crippen LogP contribution in [0.25, 0.3) is 10.8 Å². The van der Waals surface area contributed by atoms with Crippen LogP contribution >= 0.6 is 12.2 Å². The van der Waals surface area contributed by atoms with Gasteiger partial charge in [-0.15, -0.1) is 0 Å². The van der Waals surface area contributed by atoms with Crippen LogP contribution in [0.1, 0.15) is 19.4 Å². The number of carbonyl (C=O) groups excluding carboxylic acids is 1. The molecule has 2 N–H and O–H groups in total. The van der Waals surface area contributed by atoms with Gasteiger partial charge in [-0.3, -0.25) is 15.1 Å². The van der Waals surface area contributed by atoms with Crippen molar-refractivity contribution in [2.45, 2.75) is 25.9 Å². The Bertz CT molecular complexity index is 721. The molecule has 4 nitrogen and oxygen atoms in total. The number of fused-ring (bicyclic) bond motifs is 1. The molecule has 0 radical (unpaired) electrons. The van der Waals surface area contributed by atoms with E-state index in [0.717, 1.165) is 16.3 Å². The Labute approximate surface area is 129 Å². The van der Waals surface area contributed by atoms with E-state index in [4.69, 9.17) is 12.2 Å². The van der Waals surface area contributed by atoms with Crippen molar-refractivity contribution in [1.82, 2.24) is 15.8 Å². The average Bonchev–Trinajstić information content (AvgIpc) is 2.48. The number of nitrogens with zero attached hydrogens (tertiary/aromatic N) is 1. The van der Waals surface area contributed by atoms with Crippen LogP contribution < -0.4 is 10.9 Å². The lowest BCUT2D eigenvalue weighted by atomic mass is 10.0. The third-order valence-corrected chi connectivity index (χ3v) is 4.04. The summed E-state index contributed by atoms with van der Waals surface area (Å²) in [6, 6.07) is 14.3. The first kappa shape index (κ1) is 14.0. The van der Waals surface area contributed by atoms with E-state index in [1.807, 2.05) is 38.1 Å². The molecule has 1 fully saturated rings. The minimum absolute atomic E-state index is 0.0285. The Morgan fingerprint density at radius 3 is 2.67 bits per heavy atom. The molecule has 108 valence electrons. The van der Waals surface area contributed by atoms with Gasteiger partial charge in [-0.1, -0.05) is 42.5 Å². The number of hydrogen-bond acceptors (Lipinski definition) is 3. The fourth-order valence-corrected chi connectivity index (χ4v) is 2.70. The fourth-order valence-electron chi connectivity index (χ4n) is 2.50. The van der Waals surface area contributed by atoms with E-state index in [1.165, 1.54) is 0 Å². The molecule has 0 unspecified atom stereocenters. The summed E-state index contributed by atoms with van der Waals surface area (Å²) in [6.07, 6.45) is 0. The van der Waals surface area contributed by atoms with E-state index >= 15 is 0 Å². The summed E-state index contributed by atoms with van der Waals surface area (Å²) in [4.78, 5) is 14.2. The second kappa shape index (κ2) is 5.09. The topological polar surface area (TPSA) is 44.4 Å². The Kier molecular flexibility index (Phi) is 3.39. The van der Waals surface area contributed by atoms with Gasteiger partial charge in [-0.2, -0.15) is 0 Å². The number of hydrazine groups is 1. The Hall–Kier alpha value is -1.98. The van der Waals surface area contributed by atoms with Crippen molar-refractivity contribution < 1.29 is 4.79 Å². The second-order valence-corrected chi connectivity index (χ2v) is 6.10. The first-order valence-electron chi connectivity index (χ1n) is 6.85. The zero-order valence-electron chi connectivity index (χ0n) is 12.0. The molecular weight excluding hydrogens is 282 g/mol. The predicted octanol–water partition coefficient (Wildman–Crippen LogP) is 2.34. The van der Waals surface area contributed by atoms with Crippen molar-refractivity contribution in [3.05, 3.63) is 48.0 Å². The van der Waals surface area contributed by atoms with Gasteiger partial charge in [0.1, 0.15) is 5.54 Å². The van der Waals surface area contributed by atoms with E-state index < -0.39 is 5.54 Å². The lowest BCUT2D eigenvalue weighted by Crippen LogP contribution is -2.68. The Morgan fingerprint density at radius 2 is 1.86 bits per heavy atom. The standard InChI is InChI=1S/C16H17N3OS/c1-16(2)14(20)19(15(21)17-18-16)10-12-8-5-7-11-6-3-4-9-13(11)12/h3-9,18H,10H2,1-2H3,(H,17,21). The zero-order valence-corrected chi connectivity index (χ0v) is 12.8. The fraction of sp³-hybridized carbons (Fsp3) is 0.250. The molecule has 0 spiro atoms. The molecule has 0 aromatic heterocycles. The van der Waals surface area contributed by atoms with Crippen molar-refractivity contribution in [3.8, 4) is 0 Å². The highest BCUT2D eigenvalue weighted by molar-refractivity contribution is 7.80. The van der Waals surface area contributed by atoms with Crippen LogP contribution in [0.4, 0.5) is 0 Å². The SMILES string of the molecule is CC1(C)NNC(=S)N(Cc2cccc3ccccc23)C1=O. The number of amides is 1. The van der Waals surface area contributed by atoms with Crippen molar-refractivity contribution in [2.24, 2.45) is 0 Å². The molecule has 0 aliphatic carbocycles. The smallest absolute Gasteiger partial charge is 0.250 e. The average molecular weight is 299 g/mol. The summed E-state index contributed by atoms with van der Waals surface area (Å²) < 4.78 is 0. The highest BCUT2D eigenvalue weighted by Gasteiger charge is 2.38. The monoisotopic (exact) mass is 299 g/mol. The quantitative estimate of drug-likeness (QED) is 0.836. The lowest BCUT2D eigenvalue weighted by Gasteiger charge is -2.39. The predicted molar refractivity (Wildman–Crippen MR) is 87.4 cm³/mol. The van der Waals surface area contributed by atoms with Gasteiger partial charge in [0.2, 0.25) is 0 Å². The van der Waals surface area contributed by atoms with Gasteiger partial charge in [0.05, 0.1) is 6.54 Å². The third kappa shape index (κ3) is 2.50. The molecule has 0 atom stereocenters. The Balaban J connectivity index is 1.98. The van der Waals surface area contributed by atoms with Crippen LogP contribution in [-0.2, 0) is 11.3 Å². The van der Waals surface area contributed by atoms with Gasteiger partial charge in [-0.25, -0.2) is 5.43 Å². The number of nitrogens with one attached hydrogen (secondary N) is 2. The van der Waals surface area contributed by atoms with Crippen LogP contribution in [0, 0.1) is 0 Å². The molecule has 1 aliphatic rings. The van der Waals surface area contributed by atoms with Gasteiger partial charge in [-0.05, 0) is 42.4 Å². The van der Waals surface area contributed by atoms with Crippen LogP contribution in [0.15, 0.2) is 42.5 Å². The van der Waals surface area contributed by atoms with Crippen molar-refractivity contribution in [3.63, 3.8) is 0 Å². The van der Waals surface area contributed by atoms with Gasteiger partial charge in [0, 0.05) is 0 Å². The summed E-state index contributed by atoms with van der Waals surface area (Å²) in [5.74, 6) is -0.0285. The van der Waals surface area contributed by atoms with Crippen LogP contribution in [0.5, 0.6) is 0 Å². The van der Waals surface area contributed by atoms with Crippen molar-refractivity contribution in [1.29, 1.82) is 0 Å². The molecule has 2 aromatic rings. The number of hydrogen-bond donors (Lipinski definition) is 2. The van der Waals surface area contributed by atoms with Gasteiger partial charge in [0.15, 0.2) is 5.11 Å². The molecule has 3 rings (SSSR count). The lowest BCUT2D eigenvalue weighted by molar-refractivity contribution is -0.135. The molecule has 0 saturated carbocycles. The molecule has 5 heteroatoms. The van der Waals surface area contributed by atoms with Crippen LogP contribution in [-0.4, -0.2) is 21.5 Å². The molecule has 1 aliphatic heterocycles. The first-order chi connectivity index (χ1) is 9.99. The molecule has 2 aromatic carbocycles. The number of carbonyl (C=O) groups is 1. The summed E-state index contributed by atoms with van der Waals surface area (Å²) in [5, 5.41) is 2.72. The molecule has 0 bridgehead atoms. The summed E-state index contributed by atoms with van der Waals surface area (Å²) >= 11 is 5.26. The summed E-state index contributed by atoms with van der Waals surface area (Å²) in [6.45, 7) is 4.14. The number of thiocarbonyl (C=S) groups is 1. The van der Waals surface area contributed by atoms with E-state index in [9.17, 15) is 4.79 Å². The van der Waals surface area contributed by atoms with Gasteiger partial charge in [0.25, 0.3) is 5.91 Å². The Morgan fingerprint density at radius 1 is 1.14 bits per heavy atom. The zero-order chi connectivity index (χ0) is 15.0. The van der Waals surface area contributed by atoms with Crippen molar-refractivity contribution >= 4 is 34.0 Å². The minimum Gasteiger partial charge on any atom is -0.297 e. The number of rotatable bonds is 2. The second-order valence-electron chi connectivity index (χ2n) is 5.71. The first-order valence-corrected chi connectivity index (χ1v) is 7.25. The third-order valence-electron chi connectivity index (χ3n) is 3.72. The van der Waals surface area contributed by atoms with Crippen molar-refractivity contribution in [2.75, 3.05) is 0 Å². The maximum atomic E-state index is 12.5. The maximum absolute atomic E-state index is 12.5. The molecule has 1 amide bonds. The maximum Gasteiger partial charge on any atom is 0.250 e. The molecular formula is C16H17N3OS. The van der Waals surface area contributed by atoms with Gasteiger partial charge < -0.3 is 0 Å². The summed E-state index contributed by atoms with van der Waals surface area (Å²) in [7, 11) is 0. The normalized spacial score (nSPS) is 17.9. The number of benzene rings is 2. The van der Waals surface area contributed by atoms with E-state index in [-0.39, 0.29) is 5.91 Å². The van der Waals surface area contributed by atoms with Gasteiger partial charge >= 0.3 is 0 Å². The largest absolute Gasteiger partial charge is 0.297 e. The molecule has 1 saturated heterocycles. The van der Waals surface area contributed by atoms with E-state index in [1.54, 1.807) is 4.90 Å². The summed E-state index contributed by atoms with van der Waals surface area (Å²) in [5.41, 5.74) is 6.25. The molecule has 21 heavy (non-hydrogen) atoms. The van der Waals surface area contributed by atoms with E-state index in [2.05, 4.69) is 29.1 Å². The van der Waals surface area contributed by atoms with E-state index in [0.29, 0.717) is 11.7 Å². The minimum atomic E-state index is -0.674.